The predicted molar refractivity (Wildman–Crippen MR) is 101 cm³/mol. The van der Waals surface area contributed by atoms with Gasteiger partial charge in [0.1, 0.15) is 17.3 Å². The smallest absolute Gasteiger partial charge is 0.230 e. The van der Waals surface area contributed by atoms with Crippen molar-refractivity contribution in [1.82, 2.24) is 15.1 Å². The molecule has 3 heterocycles. The zero-order valence-corrected chi connectivity index (χ0v) is 15.1. The van der Waals surface area contributed by atoms with Gasteiger partial charge >= 0.3 is 0 Å². The minimum atomic E-state index is 0.519. The molecule has 0 radical (unpaired) electrons. The molecular formula is C19H21N5O3. The van der Waals surface area contributed by atoms with Gasteiger partial charge in [-0.3, -0.25) is 0 Å². The molecule has 140 valence electrons. The molecule has 3 aromatic rings. The summed E-state index contributed by atoms with van der Waals surface area (Å²) in [6.45, 7) is 5.55. The summed E-state index contributed by atoms with van der Waals surface area (Å²) in [5.74, 6) is 2.68. The molecule has 1 aromatic carbocycles. The SMILES string of the molecule is CCOc1ccc(-c2cc(Nc3ccnc(N4CCOCC4)n3)on2)cc1. The Morgan fingerprint density at radius 2 is 1.96 bits per heavy atom. The fraction of sp³-hybridized carbons (Fsp3) is 0.316. The van der Waals surface area contributed by atoms with E-state index in [9.17, 15) is 0 Å². The summed E-state index contributed by atoms with van der Waals surface area (Å²) in [4.78, 5) is 11.0. The van der Waals surface area contributed by atoms with Crippen LogP contribution in [-0.2, 0) is 4.74 Å². The van der Waals surface area contributed by atoms with Crippen LogP contribution in [0.1, 0.15) is 6.92 Å². The molecule has 0 spiro atoms. The monoisotopic (exact) mass is 367 g/mol. The molecule has 27 heavy (non-hydrogen) atoms. The highest BCUT2D eigenvalue weighted by Gasteiger charge is 2.14. The van der Waals surface area contributed by atoms with Crippen LogP contribution in [0.15, 0.2) is 47.1 Å². The number of morpholine rings is 1. The highest BCUT2D eigenvalue weighted by molar-refractivity contribution is 5.64. The number of rotatable bonds is 6. The van der Waals surface area contributed by atoms with E-state index in [-0.39, 0.29) is 0 Å². The number of hydrogen-bond donors (Lipinski definition) is 1. The van der Waals surface area contributed by atoms with Gasteiger partial charge in [-0.1, -0.05) is 5.16 Å². The molecule has 0 amide bonds. The van der Waals surface area contributed by atoms with E-state index in [0.717, 1.165) is 30.1 Å². The fourth-order valence-electron chi connectivity index (χ4n) is 2.82. The molecule has 0 saturated carbocycles. The highest BCUT2D eigenvalue weighted by Crippen LogP contribution is 2.25. The van der Waals surface area contributed by atoms with Gasteiger partial charge in [0, 0.05) is 30.9 Å². The van der Waals surface area contributed by atoms with Gasteiger partial charge < -0.3 is 24.2 Å². The van der Waals surface area contributed by atoms with Crippen molar-refractivity contribution in [3.8, 4) is 17.0 Å². The number of ether oxygens (including phenoxy) is 2. The number of aromatic nitrogens is 3. The van der Waals surface area contributed by atoms with Crippen molar-refractivity contribution in [2.45, 2.75) is 6.92 Å². The van der Waals surface area contributed by atoms with E-state index in [2.05, 4.69) is 25.3 Å². The maximum atomic E-state index is 5.46. The van der Waals surface area contributed by atoms with Crippen molar-refractivity contribution in [3.63, 3.8) is 0 Å². The van der Waals surface area contributed by atoms with Crippen molar-refractivity contribution in [1.29, 1.82) is 0 Å². The second kappa shape index (κ2) is 8.05. The number of nitrogens with one attached hydrogen (secondary N) is 1. The molecule has 0 atom stereocenters. The molecule has 8 heteroatoms. The average molecular weight is 367 g/mol. The standard InChI is InChI=1S/C19H21N5O3/c1-2-26-15-5-3-14(4-6-15)16-13-18(27-23-16)21-17-7-8-20-19(22-17)24-9-11-25-12-10-24/h3-8,13H,2,9-12H2,1H3,(H,20,21,22). The van der Waals surface area contributed by atoms with E-state index in [1.54, 1.807) is 12.3 Å². The summed E-state index contributed by atoms with van der Waals surface area (Å²) in [5.41, 5.74) is 1.69. The van der Waals surface area contributed by atoms with Gasteiger partial charge in [-0.05, 0) is 37.3 Å². The van der Waals surface area contributed by atoms with Crippen LogP contribution >= 0.6 is 0 Å². The van der Waals surface area contributed by atoms with Gasteiger partial charge in [0.2, 0.25) is 11.8 Å². The summed E-state index contributed by atoms with van der Waals surface area (Å²) in [7, 11) is 0. The van der Waals surface area contributed by atoms with Gasteiger partial charge in [0.15, 0.2) is 0 Å². The molecule has 1 saturated heterocycles. The first-order valence-electron chi connectivity index (χ1n) is 8.94. The van der Waals surface area contributed by atoms with E-state index in [1.807, 2.05) is 37.3 Å². The molecule has 8 nitrogen and oxygen atoms in total. The van der Waals surface area contributed by atoms with E-state index in [1.165, 1.54) is 0 Å². The highest BCUT2D eigenvalue weighted by atomic mass is 16.5. The lowest BCUT2D eigenvalue weighted by molar-refractivity contribution is 0.122. The summed E-state index contributed by atoms with van der Waals surface area (Å²) >= 11 is 0. The number of nitrogens with zero attached hydrogens (tertiary/aromatic N) is 4. The Labute approximate surface area is 157 Å². The maximum Gasteiger partial charge on any atom is 0.230 e. The molecule has 1 aliphatic heterocycles. The van der Waals surface area contributed by atoms with Gasteiger partial charge in [0.05, 0.1) is 19.8 Å². The zero-order valence-electron chi connectivity index (χ0n) is 15.1. The third-order valence-corrected chi connectivity index (χ3v) is 4.16. The largest absolute Gasteiger partial charge is 0.494 e. The third-order valence-electron chi connectivity index (χ3n) is 4.16. The van der Waals surface area contributed by atoms with Crippen molar-refractivity contribution >= 4 is 17.7 Å². The van der Waals surface area contributed by atoms with Gasteiger partial charge in [-0.25, -0.2) is 4.98 Å². The Kier molecular flexibility index (Phi) is 5.15. The molecule has 4 rings (SSSR count). The topological polar surface area (TPSA) is 85.5 Å². The molecule has 0 aliphatic carbocycles. The third kappa shape index (κ3) is 4.17. The van der Waals surface area contributed by atoms with Crippen LogP contribution in [-0.4, -0.2) is 48.0 Å². The Morgan fingerprint density at radius 3 is 2.74 bits per heavy atom. The van der Waals surface area contributed by atoms with Crippen LogP contribution < -0.4 is 15.0 Å². The number of anilines is 3. The Balaban J connectivity index is 1.46. The molecule has 1 fully saturated rings. The van der Waals surface area contributed by atoms with Crippen molar-refractivity contribution in [3.05, 3.63) is 42.6 Å². The Bertz CT molecular complexity index is 875. The van der Waals surface area contributed by atoms with E-state index >= 15 is 0 Å². The van der Waals surface area contributed by atoms with Gasteiger partial charge in [-0.2, -0.15) is 4.98 Å². The van der Waals surface area contributed by atoms with Crippen LogP contribution in [0, 0.1) is 0 Å². The normalized spacial score (nSPS) is 14.2. The molecule has 1 N–H and O–H groups in total. The second-order valence-electron chi connectivity index (χ2n) is 6.00. The van der Waals surface area contributed by atoms with E-state index in [4.69, 9.17) is 14.0 Å². The minimum absolute atomic E-state index is 0.519. The fourth-order valence-corrected chi connectivity index (χ4v) is 2.82. The summed E-state index contributed by atoms with van der Waals surface area (Å²) in [6, 6.07) is 11.4. The minimum Gasteiger partial charge on any atom is -0.494 e. The van der Waals surface area contributed by atoms with Crippen LogP contribution in [0.3, 0.4) is 0 Å². The second-order valence-corrected chi connectivity index (χ2v) is 6.00. The van der Waals surface area contributed by atoms with Crippen LogP contribution in [0.4, 0.5) is 17.7 Å². The number of hydrogen-bond acceptors (Lipinski definition) is 8. The van der Waals surface area contributed by atoms with E-state index < -0.39 is 0 Å². The molecule has 2 aromatic heterocycles. The number of benzene rings is 1. The van der Waals surface area contributed by atoms with E-state index in [0.29, 0.717) is 37.5 Å². The first-order valence-corrected chi connectivity index (χ1v) is 8.94. The summed E-state index contributed by atoms with van der Waals surface area (Å²) in [5, 5.41) is 7.26. The lowest BCUT2D eigenvalue weighted by atomic mass is 10.1. The van der Waals surface area contributed by atoms with Crippen LogP contribution in [0.25, 0.3) is 11.3 Å². The van der Waals surface area contributed by atoms with Gasteiger partial charge in [0.25, 0.3) is 0 Å². The first kappa shape index (κ1) is 17.3. The van der Waals surface area contributed by atoms with Crippen LogP contribution in [0.2, 0.25) is 0 Å². The Hall–Kier alpha value is -3.13. The lowest BCUT2D eigenvalue weighted by Crippen LogP contribution is -2.37. The van der Waals surface area contributed by atoms with Crippen molar-refractivity contribution < 1.29 is 14.0 Å². The zero-order chi connectivity index (χ0) is 18.5. The molecule has 0 unspecified atom stereocenters. The quantitative estimate of drug-likeness (QED) is 0.711. The molecular weight excluding hydrogens is 346 g/mol. The maximum absolute atomic E-state index is 5.46. The Morgan fingerprint density at radius 1 is 1.15 bits per heavy atom. The predicted octanol–water partition coefficient (Wildman–Crippen LogP) is 3.11. The first-order chi connectivity index (χ1) is 13.3. The summed E-state index contributed by atoms with van der Waals surface area (Å²) in [6.07, 6.45) is 1.73. The lowest BCUT2D eigenvalue weighted by Gasteiger charge is -2.26. The van der Waals surface area contributed by atoms with Crippen LogP contribution in [0.5, 0.6) is 5.75 Å². The molecule has 1 aliphatic rings. The summed E-state index contributed by atoms with van der Waals surface area (Å²) < 4.78 is 16.2. The average Bonchev–Trinajstić information content (AvgIpc) is 3.18. The van der Waals surface area contributed by atoms with Gasteiger partial charge in [-0.15, -0.1) is 0 Å². The molecule has 0 bridgehead atoms. The van der Waals surface area contributed by atoms with Crippen molar-refractivity contribution in [2.24, 2.45) is 0 Å². The van der Waals surface area contributed by atoms with Crippen molar-refractivity contribution in [2.75, 3.05) is 43.1 Å².